The van der Waals surface area contributed by atoms with Gasteiger partial charge >= 0.3 is 0 Å². The fourth-order valence-corrected chi connectivity index (χ4v) is 3.47. The Balaban J connectivity index is 1.52. The van der Waals surface area contributed by atoms with Gasteiger partial charge in [0.05, 0.1) is 6.10 Å². The summed E-state index contributed by atoms with van der Waals surface area (Å²) in [7, 11) is 0. The maximum Gasteiger partial charge on any atom is 0.227 e. The van der Waals surface area contributed by atoms with Gasteiger partial charge in [-0.15, -0.1) is 0 Å². The summed E-state index contributed by atoms with van der Waals surface area (Å²) in [5.41, 5.74) is -0.152. The number of hydrogen-bond acceptors (Lipinski definition) is 5. The van der Waals surface area contributed by atoms with Crippen LogP contribution < -0.4 is 10.2 Å². The Bertz CT molecular complexity index is 544. The van der Waals surface area contributed by atoms with Crippen LogP contribution in [0.4, 0.5) is 0 Å². The predicted octanol–water partition coefficient (Wildman–Crippen LogP) is 3.77. The molecule has 0 amide bonds. The Hall–Kier alpha value is -0.850. The lowest BCUT2D eigenvalue weighted by Crippen LogP contribution is -2.26. The van der Waals surface area contributed by atoms with Gasteiger partial charge in [-0.3, -0.25) is 4.79 Å². The molecule has 1 atom stereocenters. The Labute approximate surface area is 144 Å². The average molecular weight is 387 g/mol. The molecule has 2 fully saturated rings. The zero-order valence-corrected chi connectivity index (χ0v) is 14.8. The molecule has 0 spiro atoms. The average Bonchev–Trinajstić information content (AvgIpc) is 2.58. The number of hydrogen-bond donors (Lipinski definition) is 0. The van der Waals surface area contributed by atoms with Gasteiger partial charge in [0.15, 0.2) is 6.29 Å². The zero-order valence-electron chi connectivity index (χ0n) is 13.2. The van der Waals surface area contributed by atoms with Crippen molar-refractivity contribution in [2.45, 2.75) is 68.8 Å². The quantitative estimate of drug-likeness (QED) is 0.720. The monoisotopic (exact) mass is 386 g/mol. The molecule has 1 aliphatic carbocycles. The van der Waals surface area contributed by atoms with E-state index in [4.69, 9.17) is 18.6 Å². The third-order valence-corrected chi connectivity index (χ3v) is 5.21. The fraction of sp³-hybridized carbons (Fsp3) is 0.706. The van der Waals surface area contributed by atoms with Crippen molar-refractivity contribution in [3.8, 4) is 5.75 Å². The van der Waals surface area contributed by atoms with E-state index in [2.05, 4.69) is 15.9 Å². The van der Waals surface area contributed by atoms with Crippen LogP contribution in [0, 0.1) is 0 Å². The second kappa shape index (κ2) is 8.31. The molecule has 0 bridgehead atoms. The van der Waals surface area contributed by atoms with E-state index >= 15 is 0 Å². The summed E-state index contributed by atoms with van der Waals surface area (Å²) < 4.78 is 22.4. The van der Waals surface area contributed by atoms with Gasteiger partial charge in [-0.2, -0.15) is 0 Å². The molecule has 5 nitrogen and oxygen atoms in total. The summed E-state index contributed by atoms with van der Waals surface area (Å²) in [5.74, 6) is 0.793. The largest absolute Gasteiger partial charge is 0.483 e. The van der Waals surface area contributed by atoms with Crippen molar-refractivity contribution < 1.29 is 18.6 Å². The molecule has 1 unspecified atom stereocenters. The second-order valence-corrected chi connectivity index (χ2v) is 7.47. The molecule has 128 valence electrons. The molecule has 0 radical (unpaired) electrons. The summed E-state index contributed by atoms with van der Waals surface area (Å²) in [6, 6.07) is 1.45. The summed E-state index contributed by atoms with van der Waals surface area (Å²) in [6.45, 7) is 0.979. The molecule has 23 heavy (non-hydrogen) atoms. The highest BCUT2D eigenvalue weighted by Gasteiger charge is 2.22. The molecular formula is C17H23BrO5. The molecular weight excluding hydrogens is 364 g/mol. The summed E-state index contributed by atoms with van der Waals surface area (Å²) in [6.07, 6.45) is 8.46. The Morgan fingerprint density at radius 2 is 2.00 bits per heavy atom. The number of alkyl halides is 1. The molecule has 1 aliphatic heterocycles. The molecule has 1 saturated heterocycles. The van der Waals surface area contributed by atoms with E-state index in [1.807, 2.05) is 0 Å². The van der Waals surface area contributed by atoms with Gasteiger partial charge in [0.2, 0.25) is 11.2 Å². The van der Waals surface area contributed by atoms with Gasteiger partial charge in [0.1, 0.15) is 18.6 Å². The topological polar surface area (TPSA) is 57.9 Å². The van der Waals surface area contributed by atoms with E-state index in [9.17, 15) is 4.79 Å². The van der Waals surface area contributed by atoms with Crippen LogP contribution in [0.1, 0.15) is 50.7 Å². The van der Waals surface area contributed by atoms with E-state index in [0.717, 1.165) is 51.6 Å². The second-order valence-electron chi connectivity index (χ2n) is 6.17. The zero-order chi connectivity index (χ0) is 16.1. The molecule has 1 aromatic heterocycles. The van der Waals surface area contributed by atoms with Crippen LogP contribution in [0.15, 0.2) is 21.5 Å². The third-order valence-electron chi connectivity index (χ3n) is 4.30. The standard InChI is InChI=1S/C17H23BrO5/c18-12-4-6-13(7-5-12)23-16-11-21-14(9-15(16)19)10-22-17-3-1-2-8-20-17/h9,11-13,17H,1-8,10H2. The molecule has 2 heterocycles. The Kier molecular flexibility index (Phi) is 6.14. The van der Waals surface area contributed by atoms with E-state index in [1.54, 1.807) is 0 Å². The fourth-order valence-electron chi connectivity index (χ4n) is 2.94. The first-order valence-electron chi connectivity index (χ1n) is 8.36. The van der Waals surface area contributed by atoms with Gasteiger partial charge in [0.25, 0.3) is 0 Å². The van der Waals surface area contributed by atoms with Gasteiger partial charge in [-0.25, -0.2) is 0 Å². The smallest absolute Gasteiger partial charge is 0.227 e. The number of halogens is 1. The van der Waals surface area contributed by atoms with Crippen LogP contribution in [0.2, 0.25) is 0 Å². The van der Waals surface area contributed by atoms with Gasteiger partial charge < -0.3 is 18.6 Å². The molecule has 6 heteroatoms. The SMILES string of the molecule is O=c1cc(COC2CCCCO2)occ1OC1CCC(Br)CC1. The summed E-state index contributed by atoms with van der Waals surface area (Å²) in [4.78, 5) is 12.7. The highest BCUT2D eigenvalue weighted by Crippen LogP contribution is 2.26. The number of rotatable bonds is 5. The van der Waals surface area contributed by atoms with Crippen LogP contribution in [-0.2, 0) is 16.1 Å². The minimum atomic E-state index is -0.190. The first kappa shape index (κ1) is 17.0. The maximum absolute atomic E-state index is 12.1. The lowest BCUT2D eigenvalue weighted by atomic mass is 9.97. The van der Waals surface area contributed by atoms with Crippen LogP contribution in [-0.4, -0.2) is 23.8 Å². The molecule has 3 rings (SSSR count). The normalized spacial score (nSPS) is 28.5. The highest BCUT2D eigenvalue weighted by atomic mass is 79.9. The lowest BCUT2D eigenvalue weighted by Gasteiger charge is -2.25. The van der Waals surface area contributed by atoms with Gasteiger partial charge in [-0.05, 0) is 44.9 Å². The van der Waals surface area contributed by atoms with E-state index < -0.39 is 0 Å². The van der Waals surface area contributed by atoms with Crippen molar-refractivity contribution in [2.75, 3.05) is 6.61 Å². The van der Waals surface area contributed by atoms with Crippen molar-refractivity contribution in [2.24, 2.45) is 0 Å². The molecule has 0 N–H and O–H groups in total. The van der Waals surface area contributed by atoms with Crippen molar-refractivity contribution >= 4 is 15.9 Å². The predicted molar refractivity (Wildman–Crippen MR) is 89.0 cm³/mol. The third kappa shape index (κ3) is 5.06. The van der Waals surface area contributed by atoms with Crippen molar-refractivity contribution in [1.29, 1.82) is 0 Å². The van der Waals surface area contributed by atoms with E-state index in [0.29, 0.717) is 16.3 Å². The van der Waals surface area contributed by atoms with Gasteiger partial charge in [-0.1, -0.05) is 15.9 Å². The number of ether oxygens (including phenoxy) is 3. The molecule has 1 aromatic rings. The molecule has 1 saturated carbocycles. The van der Waals surface area contributed by atoms with Crippen molar-refractivity contribution in [1.82, 2.24) is 0 Å². The summed E-state index contributed by atoms with van der Waals surface area (Å²) in [5, 5.41) is 0. The maximum atomic E-state index is 12.1. The Morgan fingerprint density at radius 1 is 1.17 bits per heavy atom. The highest BCUT2D eigenvalue weighted by molar-refractivity contribution is 9.09. The Morgan fingerprint density at radius 3 is 2.70 bits per heavy atom. The first-order chi connectivity index (χ1) is 11.2. The minimum Gasteiger partial charge on any atom is -0.483 e. The van der Waals surface area contributed by atoms with Crippen LogP contribution in [0.25, 0.3) is 0 Å². The van der Waals surface area contributed by atoms with Crippen LogP contribution >= 0.6 is 15.9 Å². The van der Waals surface area contributed by atoms with Crippen LogP contribution in [0.3, 0.4) is 0 Å². The van der Waals surface area contributed by atoms with Gasteiger partial charge in [0, 0.05) is 17.5 Å². The van der Waals surface area contributed by atoms with Crippen molar-refractivity contribution in [3.05, 3.63) is 28.3 Å². The summed E-state index contributed by atoms with van der Waals surface area (Å²) >= 11 is 3.62. The van der Waals surface area contributed by atoms with E-state index in [1.165, 1.54) is 12.3 Å². The molecule has 0 aromatic carbocycles. The van der Waals surface area contributed by atoms with Crippen LogP contribution in [0.5, 0.6) is 5.75 Å². The van der Waals surface area contributed by atoms with Crippen molar-refractivity contribution in [3.63, 3.8) is 0 Å². The lowest BCUT2D eigenvalue weighted by molar-refractivity contribution is -0.171. The minimum absolute atomic E-state index is 0.101. The first-order valence-corrected chi connectivity index (χ1v) is 9.28. The van der Waals surface area contributed by atoms with E-state index in [-0.39, 0.29) is 24.4 Å². The molecule has 2 aliphatic rings.